The van der Waals surface area contributed by atoms with E-state index in [-0.39, 0.29) is 18.2 Å². The van der Waals surface area contributed by atoms with Crippen molar-refractivity contribution in [3.8, 4) is 0 Å². The zero-order valence-electron chi connectivity index (χ0n) is 8.87. The second kappa shape index (κ2) is 5.46. The lowest BCUT2D eigenvalue weighted by Gasteiger charge is -2.13. The van der Waals surface area contributed by atoms with E-state index in [1.165, 1.54) is 19.3 Å². The van der Waals surface area contributed by atoms with Gasteiger partial charge in [-0.05, 0) is 24.1 Å². The molecule has 82 valence electrons. The highest BCUT2D eigenvalue weighted by molar-refractivity contribution is 5.78. The van der Waals surface area contributed by atoms with Crippen molar-refractivity contribution in [3.63, 3.8) is 0 Å². The van der Waals surface area contributed by atoms with E-state index in [0.717, 1.165) is 10.6 Å². The molecule has 4 heteroatoms. The number of rotatable bonds is 3. The largest absolute Gasteiger partial charge is 0.275 e. The van der Waals surface area contributed by atoms with Crippen molar-refractivity contribution in [2.45, 2.75) is 12.8 Å². The maximum Gasteiger partial charge on any atom is 0.250 e. The Labute approximate surface area is 88.5 Å². The number of hydrogen-bond acceptors (Lipinski definition) is 2. The molecule has 0 aromatic rings. The van der Waals surface area contributed by atoms with Crippen LogP contribution in [0.25, 0.3) is 0 Å². The van der Waals surface area contributed by atoms with Crippen molar-refractivity contribution in [1.82, 2.24) is 5.06 Å². The molecule has 0 spiro atoms. The van der Waals surface area contributed by atoms with Gasteiger partial charge in [0, 0.05) is 7.05 Å². The van der Waals surface area contributed by atoms with Crippen LogP contribution in [-0.4, -0.2) is 25.1 Å². The highest BCUT2D eigenvalue weighted by Crippen LogP contribution is 2.14. The summed E-state index contributed by atoms with van der Waals surface area (Å²) in [5.41, 5.74) is 0.799. The Morgan fingerprint density at radius 3 is 2.93 bits per heavy atom. The van der Waals surface area contributed by atoms with Gasteiger partial charge in [-0.3, -0.25) is 9.63 Å². The van der Waals surface area contributed by atoms with Gasteiger partial charge in [-0.25, -0.2) is 9.45 Å². The van der Waals surface area contributed by atoms with Crippen LogP contribution in [-0.2, 0) is 9.63 Å². The third-order valence-corrected chi connectivity index (χ3v) is 2.13. The first-order valence-corrected chi connectivity index (χ1v) is 4.67. The van der Waals surface area contributed by atoms with E-state index in [2.05, 4.69) is 0 Å². The summed E-state index contributed by atoms with van der Waals surface area (Å²) in [5, 5.41) is 1.16. The lowest BCUT2D eigenvalue weighted by atomic mass is 10.1. The monoisotopic (exact) mass is 211 g/mol. The minimum absolute atomic E-state index is 0.157. The molecule has 0 heterocycles. The first-order valence-electron chi connectivity index (χ1n) is 4.67. The standard InChI is InChI=1S/C11H14FNO2/c1-13(15-2)11(14)8-9-4-3-5-10(12)7-6-9/h4-7H,3,8H2,1-2H3. The first kappa shape index (κ1) is 11.7. The average molecular weight is 211 g/mol. The fourth-order valence-corrected chi connectivity index (χ4v) is 1.16. The summed E-state index contributed by atoms with van der Waals surface area (Å²) in [6, 6.07) is 0. The Morgan fingerprint density at radius 1 is 1.53 bits per heavy atom. The summed E-state index contributed by atoms with van der Waals surface area (Å²) in [4.78, 5) is 16.2. The molecule has 1 rings (SSSR count). The number of carbonyl (C=O) groups is 1. The first-order chi connectivity index (χ1) is 7.13. The average Bonchev–Trinajstić information content (AvgIpc) is 2.42. The molecule has 0 aromatic heterocycles. The van der Waals surface area contributed by atoms with Gasteiger partial charge in [0.1, 0.15) is 5.83 Å². The molecule has 3 nitrogen and oxygen atoms in total. The van der Waals surface area contributed by atoms with E-state index in [1.807, 2.05) is 6.08 Å². The number of carbonyl (C=O) groups excluding carboxylic acids is 1. The van der Waals surface area contributed by atoms with E-state index in [9.17, 15) is 9.18 Å². The highest BCUT2D eigenvalue weighted by Gasteiger charge is 2.09. The fraction of sp³-hybridized carbons (Fsp3) is 0.364. The topological polar surface area (TPSA) is 29.5 Å². The quantitative estimate of drug-likeness (QED) is 0.669. The molecule has 0 fully saturated rings. The van der Waals surface area contributed by atoms with E-state index in [1.54, 1.807) is 13.1 Å². The summed E-state index contributed by atoms with van der Waals surface area (Å²) in [5.74, 6) is -0.426. The van der Waals surface area contributed by atoms with Crippen LogP contribution >= 0.6 is 0 Å². The number of halogens is 1. The molecule has 1 aliphatic rings. The smallest absolute Gasteiger partial charge is 0.250 e. The summed E-state index contributed by atoms with van der Waals surface area (Å²) in [6.07, 6.45) is 7.00. The molecule has 0 atom stereocenters. The van der Waals surface area contributed by atoms with Gasteiger partial charge in [-0.1, -0.05) is 12.2 Å². The fourth-order valence-electron chi connectivity index (χ4n) is 1.16. The molecular formula is C11H14FNO2. The Kier molecular flexibility index (Phi) is 4.24. The summed E-state index contributed by atoms with van der Waals surface area (Å²) in [6.45, 7) is 0. The van der Waals surface area contributed by atoms with Crippen LogP contribution in [0.1, 0.15) is 12.8 Å². The Bertz CT molecular complexity index is 331. The second-order valence-corrected chi connectivity index (χ2v) is 3.19. The Hall–Kier alpha value is -1.42. The molecule has 0 saturated heterocycles. The van der Waals surface area contributed by atoms with Crippen molar-refractivity contribution in [1.29, 1.82) is 0 Å². The molecule has 1 amide bonds. The highest BCUT2D eigenvalue weighted by atomic mass is 19.1. The number of hydroxylamine groups is 2. The molecule has 0 radical (unpaired) electrons. The van der Waals surface area contributed by atoms with Gasteiger partial charge in [0.2, 0.25) is 5.91 Å². The lowest BCUT2D eigenvalue weighted by molar-refractivity contribution is -0.167. The van der Waals surface area contributed by atoms with Crippen LogP contribution in [0.4, 0.5) is 4.39 Å². The SMILES string of the molecule is CON(C)C(=O)CC1=CCC=C(F)C=C1. The van der Waals surface area contributed by atoms with Crippen molar-refractivity contribution >= 4 is 5.91 Å². The van der Waals surface area contributed by atoms with Crippen LogP contribution in [0, 0.1) is 0 Å². The van der Waals surface area contributed by atoms with Crippen LogP contribution in [0.3, 0.4) is 0 Å². The number of nitrogens with zero attached hydrogens (tertiary/aromatic N) is 1. The van der Waals surface area contributed by atoms with Crippen LogP contribution < -0.4 is 0 Å². The Morgan fingerprint density at radius 2 is 2.27 bits per heavy atom. The van der Waals surface area contributed by atoms with Gasteiger partial charge in [0.25, 0.3) is 0 Å². The normalized spacial score (nSPS) is 15.4. The van der Waals surface area contributed by atoms with Crippen LogP contribution in [0.15, 0.2) is 35.7 Å². The predicted octanol–water partition coefficient (Wildman–Crippen LogP) is 2.14. The summed E-state index contributed by atoms with van der Waals surface area (Å²) in [7, 11) is 2.97. The molecule has 0 N–H and O–H groups in total. The minimum Gasteiger partial charge on any atom is -0.275 e. The molecule has 0 aromatic carbocycles. The summed E-state index contributed by atoms with van der Waals surface area (Å²) < 4.78 is 12.8. The molecule has 0 unspecified atom stereocenters. The maximum atomic E-state index is 12.8. The van der Waals surface area contributed by atoms with Gasteiger partial charge in [0.05, 0.1) is 13.5 Å². The molecule has 0 saturated carbocycles. The third kappa shape index (κ3) is 3.67. The molecular weight excluding hydrogens is 197 g/mol. The van der Waals surface area contributed by atoms with Gasteiger partial charge >= 0.3 is 0 Å². The van der Waals surface area contributed by atoms with E-state index in [4.69, 9.17) is 4.84 Å². The van der Waals surface area contributed by atoms with Gasteiger partial charge in [-0.15, -0.1) is 0 Å². The number of allylic oxidation sites excluding steroid dienone is 5. The lowest BCUT2D eigenvalue weighted by Crippen LogP contribution is -2.25. The zero-order valence-corrected chi connectivity index (χ0v) is 8.87. The van der Waals surface area contributed by atoms with E-state index in [0.29, 0.717) is 6.42 Å². The molecule has 0 aliphatic heterocycles. The third-order valence-electron chi connectivity index (χ3n) is 2.13. The second-order valence-electron chi connectivity index (χ2n) is 3.19. The van der Waals surface area contributed by atoms with E-state index < -0.39 is 0 Å². The maximum absolute atomic E-state index is 12.8. The van der Waals surface area contributed by atoms with Crippen molar-refractivity contribution in [3.05, 3.63) is 35.7 Å². The molecule has 1 aliphatic carbocycles. The predicted molar refractivity (Wildman–Crippen MR) is 55.4 cm³/mol. The number of amides is 1. The van der Waals surface area contributed by atoms with Gasteiger partial charge in [0.15, 0.2) is 0 Å². The summed E-state index contributed by atoms with van der Waals surface area (Å²) >= 11 is 0. The van der Waals surface area contributed by atoms with Gasteiger partial charge in [-0.2, -0.15) is 0 Å². The van der Waals surface area contributed by atoms with E-state index >= 15 is 0 Å². The Balaban J connectivity index is 2.57. The molecule has 15 heavy (non-hydrogen) atoms. The van der Waals surface area contributed by atoms with Crippen molar-refractivity contribution < 1.29 is 14.0 Å². The molecule has 0 bridgehead atoms. The van der Waals surface area contributed by atoms with Gasteiger partial charge < -0.3 is 0 Å². The van der Waals surface area contributed by atoms with Crippen molar-refractivity contribution in [2.75, 3.05) is 14.2 Å². The van der Waals surface area contributed by atoms with Crippen LogP contribution in [0.5, 0.6) is 0 Å². The van der Waals surface area contributed by atoms with Crippen LogP contribution in [0.2, 0.25) is 0 Å². The minimum atomic E-state index is -0.270. The zero-order chi connectivity index (χ0) is 11.3. The van der Waals surface area contributed by atoms with Crippen molar-refractivity contribution in [2.24, 2.45) is 0 Å². The number of hydrogen-bond donors (Lipinski definition) is 0.